The van der Waals surface area contributed by atoms with Gasteiger partial charge in [-0.25, -0.2) is 5.01 Å². The standard InChI is InChI=1S/C8H16N3/c1-2-5-9-11(8-3-1)10-6-4-7-10/h1-8H2. The van der Waals surface area contributed by atoms with Crippen molar-refractivity contribution in [3.8, 4) is 0 Å². The van der Waals surface area contributed by atoms with Crippen LogP contribution in [0.2, 0.25) is 0 Å². The average Bonchev–Trinajstić information content (AvgIpc) is 2.12. The Morgan fingerprint density at radius 1 is 0.818 bits per heavy atom. The predicted molar refractivity (Wildman–Crippen MR) is 43.7 cm³/mol. The second-order valence-electron chi connectivity index (χ2n) is 3.33. The summed E-state index contributed by atoms with van der Waals surface area (Å²) in [7, 11) is 0. The van der Waals surface area contributed by atoms with Gasteiger partial charge in [0.15, 0.2) is 0 Å². The highest BCUT2D eigenvalue weighted by molar-refractivity contribution is 4.66. The van der Waals surface area contributed by atoms with E-state index in [1.807, 2.05) is 0 Å². The van der Waals surface area contributed by atoms with Crippen molar-refractivity contribution in [2.24, 2.45) is 0 Å². The molecule has 2 aliphatic rings. The van der Waals surface area contributed by atoms with Gasteiger partial charge in [-0.2, -0.15) is 5.12 Å². The molecule has 0 amide bonds. The highest BCUT2D eigenvalue weighted by Crippen LogP contribution is 2.12. The van der Waals surface area contributed by atoms with Crippen LogP contribution in [0.4, 0.5) is 0 Å². The minimum absolute atomic E-state index is 1.04. The van der Waals surface area contributed by atoms with E-state index in [1.54, 1.807) is 0 Å². The Morgan fingerprint density at radius 2 is 1.73 bits per heavy atom. The largest absolute Gasteiger partial charge is 0.227 e. The molecule has 1 radical (unpaired) electrons. The van der Waals surface area contributed by atoms with Gasteiger partial charge in [0.05, 0.1) is 0 Å². The molecular weight excluding hydrogens is 138 g/mol. The lowest BCUT2D eigenvalue weighted by Crippen LogP contribution is -2.53. The van der Waals surface area contributed by atoms with Gasteiger partial charge in [0.2, 0.25) is 0 Å². The first-order chi connectivity index (χ1) is 5.47. The third-order valence-corrected chi connectivity index (χ3v) is 2.44. The number of nitrogens with zero attached hydrogens (tertiary/aromatic N) is 3. The molecule has 0 aromatic heterocycles. The molecule has 63 valence electrons. The quantitative estimate of drug-likeness (QED) is 0.551. The van der Waals surface area contributed by atoms with Gasteiger partial charge < -0.3 is 0 Å². The molecule has 11 heavy (non-hydrogen) atoms. The zero-order chi connectivity index (χ0) is 7.52. The van der Waals surface area contributed by atoms with E-state index in [4.69, 9.17) is 0 Å². The van der Waals surface area contributed by atoms with Gasteiger partial charge in [-0.15, -0.1) is 5.43 Å². The van der Waals surface area contributed by atoms with Crippen LogP contribution in [0.1, 0.15) is 25.7 Å². The van der Waals surface area contributed by atoms with Gasteiger partial charge in [-0.05, 0) is 19.3 Å². The summed E-state index contributed by atoms with van der Waals surface area (Å²) in [4.78, 5) is 0. The van der Waals surface area contributed by atoms with E-state index in [9.17, 15) is 0 Å². The van der Waals surface area contributed by atoms with Gasteiger partial charge >= 0.3 is 0 Å². The summed E-state index contributed by atoms with van der Waals surface area (Å²) in [6.07, 6.45) is 5.31. The third kappa shape index (κ3) is 1.72. The fourth-order valence-electron chi connectivity index (χ4n) is 1.56. The molecule has 3 heteroatoms. The highest BCUT2D eigenvalue weighted by atomic mass is 15.8. The summed E-state index contributed by atoms with van der Waals surface area (Å²) in [6.45, 7) is 4.64. The van der Waals surface area contributed by atoms with Crippen molar-refractivity contribution in [3.63, 3.8) is 0 Å². The van der Waals surface area contributed by atoms with Crippen molar-refractivity contribution < 1.29 is 0 Å². The van der Waals surface area contributed by atoms with E-state index in [-0.39, 0.29) is 0 Å². The van der Waals surface area contributed by atoms with Crippen LogP contribution in [0, 0.1) is 0 Å². The zero-order valence-electron chi connectivity index (χ0n) is 7.00. The maximum Gasteiger partial charge on any atom is 0.0321 e. The molecule has 0 aromatic rings. The number of hydrogen-bond donors (Lipinski definition) is 0. The van der Waals surface area contributed by atoms with E-state index < -0.39 is 0 Å². The minimum Gasteiger partial charge on any atom is -0.227 e. The molecular formula is C8H16N3. The Balaban J connectivity index is 1.80. The molecule has 2 heterocycles. The molecule has 0 spiro atoms. The van der Waals surface area contributed by atoms with Crippen LogP contribution in [0.5, 0.6) is 0 Å². The van der Waals surface area contributed by atoms with Gasteiger partial charge in [-0.3, -0.25) is 0 Å². The van der Waals surface area contributed by atoms with Gasteiger partial charge in [0.25, 0.3) is 0 Å². The van der Waals surface area contributed by atoms with E-state index in [0.717, 1.165) is 13.1 Å². The second kappa shape index (κ2) is 3.52. The predicted octanol–water partition coefficient (Wildman–Crippen LogP) is 0.612. The van der Waals surface area contributed by atoms with Crippen LogP contribution in [0.15, 0.2) is 0 Å². The maximum atomic E-state index is 4.50. The Hall–Kier alpha value is -0.120. The monoisotopic (exact) mass is 154 g/mol. The van der Waals surface area contributed by atoms with Gasteiger partial charge in [0, 0.05) is 26.2 Å². The number of hydrazine groups is 1. The first-order valence-corrected chi connectivity index (χ1v) is 4.66. The lowest BCUT2D eigenvalue weighted by Gasteiger charge is -2.39. The van der Waals surface area contributed by atoms with Crippen LogP contribution in [0.25, 0.3) is 0 Å². The molecule has 0 unspecified atom stereocenters. The molecule has 2 aliphatic heterocycles. The smallest absolute Gasteiger partial charge is 0.0321 e. The summed E-state index contributed by atoms with van der Waals surface area (Å²) < 4.78 is 0. The molecule has 2 saturated heterocycles. The van der Waals surface area contributed by atoms with Crippen LogP contribution in [-0.2, 0) is 0 Å². The minimum atomic E-state index is 1.04. The summed E-state index contributed by atoms with van der Waals surface area (Å²) in [5.41, 5.74) is 4.50. The maximum absolute atomic E-state index is 4.50. The summed E-state index contributed by atoms with van der Waals surface area (Å²) in [5.74, 6) is 0. The normalized spacial score (nSPS) is 29.5. The molecule has 0 N–H and O–H groups in total. The SMILES string of the molecule is C1CC[N]N(N2CCC2)CC1. The first kappa shape index (κ1) is 7.53. The van der Waals surface area contributed by atoms with E-state index in [1.165, 1.54) is 38.8 Å². The van der Waals surface area contributed by atoms with Crippen molar-refractivity contribution in [2.75, 3.05) is 26.2 Å². The molecule has 0 atom stereocenters. The zero-order valence-corrected chi connectivity index (χ0v) is 7.00. The molecule has 0 aliphatic carbocycles. The molecule has 0 aromatic carbocycles. The Bertz CT molecular complexity index is 115. The highest BCUT2D eigenvalue weighted by Gasteiger charge is 2.22. The van der Waals surface area contributed by atoms with Gasteiger partial charge in [0.1, 0.15) is 0 Å². The van der Waals surface area contributed by atoms with Crippen molar-refractivity contribution in [1.82, 2.24) is 15.6 Å². The molecule has 0 saturated carbocycles. The second-order valence-corrected chi connectivity index (χ2v) is 3.33. The Kier molecular flexibility index (Phi) is 2.41. The van der Waals surface area contributed by atoms with Crippen LogP contribution in [-0.4, -0.2) is 36.3 Å². The van der Waals surface area contributed by atoms with Crippen molar-refractivity contribution >= 4 is 0 Å². The van der Waals surface area contributed by atoms with Crippen LogP contribution in [0.3, 0.4) is 0 Å². The summed E-state index contributed by atoms with van der Waals surface area (Å²) in [6, 6.07) is 0. The first-order valence-electron chi connectivity index (χ1n) is 4.66. The van der Waals surface area contributed by atoms with Gasteiger partial charge in [-0.1, -0.05) is 6.42 Å². The number of hydrogen-bond acceptors (Lipinski definition) is 2. The van der Waals surface area contributed by atoms with Crippen molar-refractivity contribution in [2.45, 2.75) is 25.7 Å². The molecule has 2 fully saturated rings. The summed E-state index contributed by atoms with van der Waals surface area (Å²) >= 11 is 0. The number of rotatable bonds is 1. The van der Waals surface area contributed by atoms with Crippen LogP contribution >= 0.6 is 0 Å². The lowest BCUT2D eigenvalue weighted by atomic mass is 10.2. The molecule has 0 bridgehead atoms. The summed E-state index contributed by atoms with van der Waals surface area (Å²) in [5, 5.41) is 4.54. The topological polar surface area (TPSA) is 20.6 Å². The molecule has 3 nitrogen and oxygen atoms in total. The lowest BCUT2D eigenvalue weighted by molar-refractivity contribution is -0.110. The average molecular weight is 154 g/mol. The van der Waals surface area contributed by atoms with Crippen molar-refractivity contribution in [1.29, 1.82) is 0 Å². The van der Waals surface area contributed by atoms with E-state index >= 15 is 0 Å². The Labute approximate surface area is 68.3 Å². The van der Waals surface area contributed by atoms with E-state index in [2.05, 4.69) is 15.6 Å². The fraction of sp³-hybridized carbons (Fsp3) is 1.00. The van der Waals surface area contributed by atoms with E-state index in [0.29, 0.717) is 0 Å². The van der Waals surface area contributed by atoms with Crippen molar-refractivity contribution in [3.05, 3.63) is 0 Å². The fourth-order valence-corrected chi connectivity index (χ4v) is 1.56. The molecule has 2 rings (SSSR count). The van der Waals surface area contributed by atoms with Crippen LogP contribution < -0.4 is 5.43 Å². The Morgan fingerprint density at radius 3 is 2.45 bits per heavy atom. The third-order valence-electron chi connectivity index (χ3n) is 2.44.